The van der Waals surface area contributed by atoms with E-state index in [9.17, 15) is 14.4 Å². The first-order chi connectivity index (χ1) is 10.6. The average Bonchev–Trinajstić information content (AvgIpc) is 2.53. The number of likely N-dealkylation sites (tertiary alicyclic amines) is 1. The molecule has 0 saturated carbocycles. The van der Waals surface area contributed by atoms with Gasteiger partial charge in [-0.05, 0) is 19.3 Å². The first-order valence-corrected chi connectivity index (χ1v) is 7.74. The maximum atomic E-state index is 12.3. The van der Waals surface area contributed by atoms with Crippen molar-refractivity contribution in [2.45, 2.75) is 44.6 Å². The molecule has 1 aliphatic heterocycles. The number of hydrogen-bond acceptors (Lipinski definition) is 3. The molecule has 0 unspecified atom stereocenters. The molecule has 1 fully saturated rings. The Balaban J connectivity index is 1.90. The van der Waals surface area contributed by atoms with Gasteiger partial charge in [-0.1, -0.05) is 30.3 Å². The molecule has 1 aromatic rings. The number of carbonyl (C=O) groups excluding carboxylic acids is 3. The Morgan fingerprint density at radius 2 is 1.82 bits per heavy atom. The van der Waals surface area contributed by atoms with E-state index in [-0.39, 0.29) is 42.9 Å². The highest BCUT2D eigenvalue weighted by Crippen LogP contribution is 2.21. The first kappa shape index (κ1) is 16.2. The minimum Gasteiger partial charge on any atom is -0.370 e. The van der Waals surface area contributed by atoms with E-state index in [2.05, 4.69) is 0 Å². The Morgan fingerprint density at radius 1 is 1.09 bits per heavy atom. The number of rotatable bonds is 6. The van der Waals surface area contributed by atoms with Crippen molar-refractivity contribution in [2.75, 3.05) is 6.54 Å². The lowest BCUT2D eigenvalue weighted by molar-refractivity contribution is -0.135. The summed E-state index contributed by atoms with van der Waals surface area (Å²) in [6, 6.07) is 8.87. The number of piperidine rings is 1. The number of nitrogens with zero attached hydrogens (tertiary/aromatic N) is 1. The second-order valence-corrected chi connectivity index (χ2v) is 5.70. The second kappa shape index (κ2) is 7.73. The zero-order valence-electron chi connectivity index (χ0n) is 12.7. The van der Waals surface area contributed by atoms with Crippen molar-refractivity contribution in [1.82, 2.24) is 4.90 Å². The Kier molecular flexibility index (Phi) is 5.69. The van der Waals surface area contributed by atoms with Gasteiger partial charge in [-0.25, -0.2) is 0 Å². The molecule has 22 heavy (non-hydrogen) atoms. The molecular formula is C17H22N2O3. The van der Waals surface area contributed by atoms with Crippen LogP contribution in [0, 0.1) is 0 Å². The summed E-state index contributed by atoms with van der Waals surface area (Å²) in [5, 5.41) is 0. The Bertz CT molecular complexity index is 542. The van der Waals surface area contributed by atoms with E-state index >= 15 is 0 Å². The van der Waals surface area contributed by atoms with Crippen LogP contribution in [0.2, 0.25) is 0 Å². The van der Waals surface area contributed by atoms with Gasteiger partial charge in [-0.2, -0.15) is 0 Å². The molecule has 1 saturated heterocycles. The molecule has 1 atom stereocenters. The topological polar surface area (TPSA) is 80.5 Å². The van der Waals surface area contributed by atoms with Crippen LogP contribution in [0.3, 0.4) is 0 Å². The minimum atomic E-state index is -0.384. The van der Waals surface area contributed by atoms with Crippen molar-refractivity contribution < 1.29 is 14.4 Å². The minimum absolute atomic E-state index is 0.0302. The molecule has 2 N–H and O–H groups in total. The molecular weight excluding hydrogens is 280 g/mol. The van der Waals surface area contributed by atoms with Gasteiger partial charge in [0.25, 0.3) is 0 Å². The number of nitrogens with two attached hydrogens (primary N) is 1. The van der Waals surface area contributed by atoms with Crippen LogP contribution in [0.15, 0.2) is 30.3 Å². The van der Waals surface area contributed by atoms with Crippen molar-refractivity contribution in [2.24, 2.45) is 5.73 Å². The highest BCUT2D eigenvalue weighted by atomic mass is 16.2. The predicted molar refractivity (Wildman–Crippen MR) is 83.2 cm³/mol. The number of carbonyl (C=O) groups is 3. The maximum absolute atomic E-state index is 12.3. The van der Waals surface area contributed by atoms with E-state index < -0.39 is 0 Å². The van der Waals surface area contributed by atoms with Crippen LogP contribution in [-0.2, 0) is 9.59 Å². The highest BCUT2D eigenvalue weighted by Gasteiger charge is 2.27. The SMILES string of the molecule is NC(=O)C[C@H]1CCCCN1C(=O)CCC(=O)c1ccccc1. The monoisotopic (exact) mass is 302 g/mol. The number of amides is 2. The molecule has 0 bridgehead atoms. The van der Waals surface area contributed by atoms with Crippen molar-refractivity contribution in [3.63, 3.8) is 0 Å². The van der Waals surface area contributed by atoms with Gasteiger partial charge >= 0.3 is 0 Å². The number of benzene rings is 1. The summed E-state index contributed by atoms with van der Waals surface area (Å²) < 4.78 is 0. The predicted octanol–water partition coefficient (Wildman–Crippen LogP) is 1.91. The standard InChI is InChI=1S/C17H22N2O3/c18-16(21)12-14-8-4-5-11-19(14)17(22)10-9-15(20)13-6-2-1-3-7-13/h1-3,6-7,14H,4-5,8-12H2,(H2,18,21)/t14-/m1/s1. The summed E-state index contributed by atoms with van der Waals surface area (Å²) in [4.78, 5) is 37.2. The largest absolute Gasteiger partial charge is 0.370 e. The van der Waals surface area contributed by atoms with E-state index in [1.807, 2.05) is 18.2 Å². The lowest BCUT2D eigenvalue weighted by Gasteiger charge is -2.35. The summed E-state index contributed by atoms with van der Waals surface area (Å²) in [5.41, 5.74) is 5.88. The van der Waals surface area contributed by atoms with Crippen LogP contribution in [0.1, 0.15) is 48.9 Å². The molecule has 0 radical (unpaired) electrons. The second-order valence-electron chi connectivity index (χ2n) is 5.70. The lowest BCUT2D eigenvalue weighted by Crippen LogP contribution is -2.45. The summed E-state index contributed by atoms with van der Waals surface area (Å²) in [5.74, 6) is -0.474. The van der Waals surface area contributed by atoms with Crippen molar-refractivity contribution in [3.8, 4) is 0 Å². The highest BCUT2D eigenvalue weighted by molar-refractivity contribution is 5.97. The maximum Gasteiger partial charge on any atom is 0.223 e. The summed E-state index contributed by atoms with van der Waals surface area (Å²) >= 11 is 0. The Hall–Kier alpha value is -2.17. The van der Waals surface area contributed by atoms with E-state index in [1.165, 1.54) is 0 Å². The van der Waals surface area contributed by atoms with E-state index in [0.717, 1.165) is 19.3 Å². The van der Waals surface area contributed by atoms with Crippen molar-refractivity contribution in [3.05, 3.63) is 35.9 Å². The fourth-order valence-corrected chi connectivity index (χ4v) is 2.91. The van der Waals surface area contributed by atoms with Crippen LogP contribution in [0.5, 0.6) is 0 Å². The fourth-order valence-electron chi connectivity index (χ4n) is 2.91. The van der Waals surface area contributed by atoms with Gasteiger partial charge in [0.1, 0.15) is 0 Å². The number of ketones is 1. The third-order valence-electron chi connectivity index (χ3n) is 4.05. The van der Waals surface area contributed by atoms with Gasteiger partial charge in [-0.3, -0.25) is 14.4 Å². The quantitative estimate of drug-likeness (QED) is 0.815. The third-order valence-corrected chi connectivity index (χ3v) is 4.05. The zero-order chi connectivity index (χ0) is 15.9. The van der Waals surface area contributed by atoms with Gasteiger partial charge in [0.05, 0.1) is 0 Å². The molecule has 0 aliphatic carbocycles. The normalized spacial score (nSPS) is 18.0. The van der Waals surface area contributed by atoms with Crippen LogP contribution in [-0.4, -0.2) is 35.1 Å². The molecule has 1 aliphatic rings. The average molecular weight is 302 g/mol. The molecule has 118 valence electrons. The first-order valence-electron chi connectivity index (χ1n) is 7.74. The van der Waals surface area contributed by atoms with Gasteiger partial charge in [0.15, 0.2) is 5.78 Å². The summed E-state index contributed by atoms with van der Waals surface area (Å²) in [6.45, 7) is 0.649. The van der Waals surface area contributed by atoms with Gasteiger partial charge in [0.2, 0.25) is 11.8 Å². The van der Waals surface area contributed by atoms with Crippen LogP contribution in [0.4, 0.5) is 0 Å². The number of primary amides is 1. The van der Waals surface area contributed by atoms with Crippen LogP contribution >= 0.6 is 0 Å². The van der Waals surface area contributed by atoms with E-state index in [1.54, 1.807) is 17.0 Å². The van der Waals surface area contributed by atoms with E-state index in [4.69, 9.17) is 5.73 Å². The molecule has 5 nitrogen and oxygen atoms in total. The van der Waals surface area contributed by atoms with Crippen molar-refractivity contribution >= 4 is 17.6 Å². The van der Waals surface area contributed by atoms with E-state index in [0.29, 0.717) is 12.1 Å². The molecule has 1 heterocycles. The number of Topliss-reactive ketones (excluding diaryl/α,β-unsaturated/α-hetero) is 1. The van der Waals surface area contributed by atoms with Gasteiger partial charge in [0, 0.05) is 37.4 Å². The number of hydrogen-bond donors (Lipinski definition) is 1. The van der Waals surface area contributed by atoms with Crippen LogP contribution in [0.25, 0.3) is 0 Å². The zero-order valence-corrected chi connectivity index (χ0v) is 12.7. The molecule has 1 aromatic carbocycles. The van der Waals surface area contributed by atoms with Gasteiger partial charge < -0.3 is 10.6 Å². The summed E-state index contributed by atoms with van der Waals surface area (Å²) in [6.07, 6.45) is 3.34. The summed E-state index contributed by atoms with van der Waals surface area (Å²) in [7, 11) is 0. The molecule has 5 heteroatoms. The molecule has 0 spiro atoms. The Labute approximate surface area is 130 Å². The van der Waals surface area contributed by atoms with Gasteiger partial charge in [-0.15, -0.1) is 0 Å². The third kappa shape index (κ3) is 4.41. The van der Waals surface area contributed by atoms with Crippen molar-refractivity contribution in [1.29, 1.82) is 0 Å². The smallest absolute Gasteiger partial charge is 0.223 e. The van der Waals surface area contributed by atoms with Crippen LogP contribution < -0.4 is 5.73 Å². The molecule has 0 aromatic heterocycles. The lowest BCUT2D eigenvalue weighted by atomic mass is 9.98. The molecule has 2 rings (SSSR count). The molecule has 2 amide bonds. The Morgan fingerprint density at radius 3 is 2.50 bits per heavy atom. The fraction of sp³-hybridized carbons (Fsp3) is 0.471.